The SMILES string of the molecule is O=C(Nc1nccs1)/C(=N/OC1CCS(=O)(=O)CC1)c1ccc(S(=O)(=O)C2CC2)cc1.O=C(Nc1nccs1)/C(=N/OC1CCSCC1)c1ccc(S(=O)(=O)C2CC2)cc1. The zero-order valence-electron chi connectivity index (χ0n) is 32.0. The molecular weight excluding hydrogens is 893 g/mol. The number of thioether (sulfide) groups is 1. The van der Waals surface area contributed by atoms with Crippen molar-refractivity contribution in [3.63, 3.8) is 0 Å². The van der Waals surface area contributed by atoms with E-state index in [0.29, 0.717) is 59.9 Å². The third kappa shape index (κ3) is 11.6. The minimum absolute atomic E-state index is 0.0154. The number of hydrogen-bond acceptors (Lipinski definition) is 17. The molecule has 2 saturated carbocycles. The minimum Gasteiger partial charge on any atom is -0.392 e. The maximum Gasteiger partial charge on any atom is 0.280 e. The van der Waals surface area contributed by atoms with E-state index in [9.17, 15) is 34.8 Å². The number of aromatic nitrogens is 2. The van der Waals surface area contributed by atoms with E-state index in [0.717, 1.165) is 24.3 Å². The van der Waals surface area contributed by atoms with E-state index < -0.39 is 47.4 Å². The van der Waals surface area contributed by atoms with Crippen molar-refractivity contribution in [2.24, 2.45) is 10.3 Å². The zero-order chi connectivity index (χ0) is 42.3. The van der Waals surface area contributed by atoms with Crippen molar-refractivity contribution in [3.8, 4) is 0 Å². The van der Waals surface area contributed by atoms with Crippen molar-refractivity contribution in [1.82, 2.24) is 9.97 Å². The van der Waals surface area contributed by atoms with Crippen molar-refractivity contribution in [1.29, 1.82) is 0 Å². The molecule has 2 aliphatic heterocycles. The Labute approximate surface area is 360 Å². The highest BCUT2D eigenvalue weighted by Crippen LogP contribution is 2.34. The lowest BCUT2D eigenvalue weighted by Crippen LogP contribution is -2.29. The van der Waals surface area contributed by atoms with Gasteiger partial charge in [0.1, 0.15) is 12.2 Å². The van der Waals surface area contributed by atoms with E-state index in [2.05, 4.69) is 30.9 Å². The fourth-order valence-corrected chi connectivity index (χ4v) is 13.0. The van der Waals surface area contributed by atoms with E-state index in [4.69, 9.17) is 9.68 Å². The average Bonchev–Trinajstić information content (AvgIpc) is 4.18. The van der Waals surface area contributed by atoms with E-state index in [1.807, 2.05) is 11.8 Å². The molecular formula is C38H42N6O10S6. The van der Waals surface area contributed by atoms with Crippen molar-refractivity contribution in [2.75, 3.05) is 33.6 Å². The van der Waals surface area contributed by atoms with Gasteiger partial charge in [0.05, 0.1) is 31.8 Å². The molecule has 2 N–H and O–H groups in total. The molecule has 22 heteroatoms. The van der Waals surface area contributed by atoms with Crippen LogP contribution < -0.4 is 10.6 Å². The van der Waals surface area contributed by atoms with E-state index in [1.165, 1.54) is 59.1 Å². The van der Waals surface area contributed by atoms with Crippen LogP contribution in [0.25, 0.3) is 0 Å². The molecule has 2 saturated heterocycles. The van der Waals surface area contributed by atoms with Crippen molar-refractivity contribution in [2.45, 2.75) is 83.9 Å². The van der Waals surface area contributed by atoms with Crippen LogP contribution in [0.4, 0.5) is 10.3 Å². The van der Waals surface area contributed by atoms with Crippen LogP contribution in [0.5, 0.6) is 0 Å². The summed E-state index contributed by atoms with van der Waals surface area (Å²) in [6.07, 6.45) is 7.82. The molecule has 4 aromatic rings. The standard InChI is InChI=1S/C19H21N3O6S3.C19H21N3O4S3/c23-18(21-19-20-9-10-29-19)17(22-28-14-7-11-30(24,25)12-8-14)13-1-3-15(4-2-13)31(26,27)16-5-6-16;23-18(21-19-20-9-12-28-19)17(22-26-14-7-10-27-11-8-14)13-1-3-15(4-2-13)29(24,25)16-5-6-16/h1-4,9-10,14,16H,5-8,11-12H2,(H,20,21,23);1-4,9,12,14,16H,5-8,10-11H2,(H,20,21,23)/b2*22-17+. The predicted octanol–water partition coefficient (Wildman–Crippen LogP) is 5.35. The largest absolute Gasteiger partial charge is 0.392 e. The van der Waals surface area contributed by atoms with E-state index in [-0.39, 0.29) is 49.3 Å². The van der Waals surface area contributed by atoms with Crippen molar-refractivity contribution < 1.29 is 44.5 Å². The topological polar surface area (TPSA) is 230 Å². The fourth-order valence-electron chi connectivity index (χ4n) is 6.09. The number of anilines is 2. The Kier molecular flexibility index (Phi) is 14.1. The summed E-state index contributed by atoms with van der Waals surface area (Å²) in [5, 5.41) is 17.3. The molecule has 60 heavy (non-hydrogen) atoms. The summed E-state index contributed by atoms with van der Waals surface area (Å²) in [6.45, 7) is 0. The first-order valence-corrected chi connectivity index (χ1v) is 27.0. The number of nitrogens with zero attached hydrogens (tertiary/aromatic N) is 4. The van der Waals surface area contributed by atoms with Crippen LogP contribution in [0.1, 0.15) is 62.5 Å². The Balaban J connectivity index is 0.000000182. The molecule has 0 atom stereocenters. The Hall–Kier alpha value is -4.22. The van der Waals surface area contributed by atoms with Crippen molar-refractivity contribution >= 4 is 97.4 Å². The number of hydrogen-bond donors (Lipinski definition) is 2. The predicted molar refractivity (Wildman–Crippen MR) is 232 cm³/mol. The lowest BCUT2D eigenvalue weighted by molar-refractivity contribution is -0.111. The smallest absolute Gasteiger partial charge is 0.280 e. The molecule has 0 radical (unpaired) electrons. The third-order valence-corrected chi connectivity index (χ3v) is 18.5. The van der Waals surface area contributed by atoms with Crippen LogP contribution in [-0.4, -0.2) is 104 Å². The second kappa shape index (κ2) is 19.2. The van der Waals surface area contributed by atoms with Gasteiger partial charge >= 0.3 is 0 Å². The third-order valence-electron chi connectivity index (χ3n) is 9.83. The molecule has 0 spiro atoms. The second-order valence-corrected chi connectivity index (χ2v) is 24.1. The summed E-state index contributed by atoms with van der Waals surface area (Å²) in [6, 6.07) is 12.2. The van der Waals surface area contributed by atoms with E-state index in [1.54, 1.807) is 35.3 Å². The minimum atomic E-state index is -3.35. The first kappa shape index (κ1) is 43.9. The second-order valence-electron chi connectivity index (χ2n) is 14.4. The summed E-state index contributed by atoms with van der Waals surface area (Å²) in [4.78, 5) is 45.4. The summed E-state index contributed by atoms with van der Waals surface area (Å²) in [5.41, 5.74) is 0.944. The molecule has 4 aliphatic rings. The Morgan fingerprint density at radius 3 is 1.38 bits per heavy atom. The molecule has 0 unspecified atom stereocenters. The van der Waals surface area contributed by atoms with Crippen LogP contribution >= 0.6 is 34.4 Å². The Morgan fingerprint density at radius 2 is 1.02 bits per heavy atom. The first-order valence-electron chi connectivity index (χ1n) is 19.1. The maximum absolute atomic E-state index is 12.8. The molecule has 0 bridgehead atoms. The zero-order valence-corrected chi connectivity index (χ0v) is 36.9. The van der Waals surface area contributed by atoms with Gasteiger partial charge in [0.2, 0.25) is 0 Å². The number of rotatable bonds is 14. The quantitative estimate of drug-likeness (QED) is 0.120. The number of sulfone groups is 3. The van der Waals surface area contributed by atoms with Gasteiger partial charge in [0.25, 0.3) is 11.8 Å². The van der Waals surface area contributed by atoms with Gasteiger partial charge in [-0.05, 0) is 74.3 Å². The molecule has 2 aromatic carbocycles. The summed E-state index contributed by atoms with van der Waals surface area (Å²) >= 11 is 4.42. The highest BCUT2D eigenvalue weighted by Gasteiger charge is 2.38. The van der Waals surface area contributed by atoms with Gasteiger partial charge in [0, 0.05) is 47.1 Å². The number of oxime groups is 2. The van der Waals surface area contributed by atoms with Crippen LogP contribution in [0.2, 0.25) is 0 Å². The molecule has 8 rings (SSSR count). The fraction of sp³-hybridized carbons (Fsp3) is 0.421. The summed E-state index contributed by atoms with van der Waals surface area (Å²) < 4.78 is 72.8. The van der Waals surface area contributed by atoms with Gasteiger partial charge in [-0.1, -0.05) is 34.6 Å². The number of thiazole rings is 2. The van der Waals surface area contributed by atoms with Gasteiger partial charge in [0.15, 0.2) is 51.2 Å². The maximum atomic E-state index is 12.8. The monoisotopic (exact) mass is 934 g/mol. The van der Waals surface area contributed by atoms with Crippen LogP contribution in [-0.2, 0) is 48.8 Å². The summed E-state index contributed by atoms with van der Waals surface area (Å²) in [5.74, 6) is 1.05. The van der Waals surface area contributed by atoms with Gasteiger partial charge in [-0.2, -0.15) is 11.8 Å². The molecule has 4 heterocycles. The number of carbonyl (C=O) groups is 2. The molecule has 4 fully saturated rings. The molecule has 2 aromatic heterocycles. The van der Waals surface area contributed by atoms with Gasteiger partial charge in [-0.3, -0.25) is 20.2 Å². The highest BCUT2D eigenvalue weighted by atomic mass is 32.2. The summed E-state index contributed by atoms with van der Waals surface area (Å²) in [7, 11) is -9.68. The first-order chi connectivity index (χ1) is 28.8. The van der Waals surface area contributed by atoms with Gasteiger partial charge < -0.3 is 9.68 Å². The number of amides is 2. The van der Waals surface area contributed by atoms with Crippen LogP contribution in [0.15, 0.2) is 91.8 Å². The van der Waals surface area contributed by atoms with Gasteiger partial charge in [-0.25, -0.2) is 35.2 Å². The highest BCUT2D eigenvalue weighted by molar-refractivity contribution is 7.99. The van der Waals surface area contributed by atoms with E-state index >= 15 is 0 Å². The van der Waals surface area contributed by atoms with Crippen LogP contribution in [0, 0.1) is 0 Å². The molecule has 320 valence electrons. The van der Waals surface area contributed by atoms with Gasteiger partial charge in [-0.15, -0.1) is 22.7 Å². The lowest BCUT2D eigenvalue weighted by atomic mass is 10.1. The number of carbonyl (C=O) groups excluding carboxylic acids is 2. The molecule has 2 amide bonds. The Morgan fingerprint density at radius 1 is 0.617 bits per heavy atom. The Bertz CT molecular complexity index is 2500. The van der Waals surface area contributed by atoms with Crippen molar-refractivity contribution in [3.05, 3.63) is 82.8 Å². The molecule has 16 nitrogen and oxygen atoms in total. The normalized spacial score (nSPS) is 19.1. The number of benzene rings is 2. The lowest BCUT2D eigenvalue weighted by Gasteiger charge is -2.20. The number of nitrogens with one attached hydrogen (secondary N) is 2. The average molecular weight is 935 g/mol. The van der Waals surface area contributed by atoms with Crippen LogP contribution in [0.3, 0.4) is 0 Å². The molecule has 2 aliphatic carbocycles.